The van der Waals surface area contributed by atoms with Crippen molar-refractivity contribution >= 4 is 11.8 Å². The number of H-pyrrole nitrogens is 1. The second kappa shape index (κ2) is 6.62. The Hall–Kier alpha value is -2.67. The summed E-state index contributed by atoms with van der Waals surface area (Å²) in [6.07, 6.45) is 0.889. The largest absolute Gasteiger partial charge is 0.356 e. The van der Waals surface area contributed by atoms with E-state index in [0.29, 0.717) is 6.54 Å². The zero-order valence-electron chi connectivity index (χ0n) is 12.7. The van der Waals surface area contributed by atoms with Crippen LogP contribution in [0.15, 0.2) is 42.6 Å². The fourth-order valence-corrected chi connectivity index (χ4v) is 2.61. The topological polar surface area (TPSA) is 87.3 Å². The first-order valence-electron chi connectivity index (χ1n) is 7.34. The van der Waals surface area contributed by atoms with Gasteiger partial charge in [0, 0.05) is 13.2 Å². The van der Waals surface area contributed by atoms with Gasteiger partial charge in [-0.15, -0.1) is 0 Å². The van der Waals surface area contributed by atoms with E-state index in [-0.39, 0.29) is 18.4 Å². The number of carbonyl (C=O) groups excluding carboxylic acids is 2. The van der Waals surface area contributed by atoms with Crippen LogP contribution in [0, 0.1) is 0 Å². The molecule has 2 atom stereocenters. The zero-order valence-corrected chi connectivity index (χ0v) is 12.7. The van der Waals surface area contributed by atoms with Crippen LogP contribution in [-0.2, 0) is 20.9 Å². The van der Waals surface area contributed by atoms with E-state index in [0.717, 1.165) is 11.3 Å². The average Bonchev–Trinajstić information content (AvgIpc) is 3.08. The summed E-state index contributed by atoms with van der Waals surface area (Å²) >= 11 is 0. The van der Waals surface area contributed by atoms with Gasteiger partial charge in [0.25, 0.3) is 5.91 Å². The summed E-state index contributed by atoms with van der Waals surface area (Å²) in [4.78, 5) is 26.0. The Kier molecular flexibility index (Phi) is 4.38. The van der Waals surface area contributed by atoms with Gasteiger partial charge >= 0.3 is 0 Å². The molecule has 7 nitrogen and oxygen atoms in total. The molecule has 0 bridgehead atoms. The summed E-state index contributed by atoms with van der Waals surface area (Å²) in [7, 11) is 1.70. The van der Waals surface area contributed by atoms with Crippen LogP contribution in [0.4, 0.5) is 0 Å². The molecule has 2 N–H and O–H groups in total. The maximum atomic E-state index is 12.7. The lowest BCUT2D eigenvalue weighted by atomic mass is 9.99. The van der Waals surface area contributed by atoms with Gasteiger partial charge in [0.05, 0.1) is 18.3 Å². The summed E-state index contributed by atoms with van der Waals surface area (Å²) in [6.45, 7) is 0.284. The molecule has 0 saturated carbocycles. The van der Waals surface area contributed by atoms with Crippen LogP contribution >= 0.6 is 0 Å². The van der Waals surface area contributed by atoms with Crippen molar-refractivity contribution in [3.63, 3.8) is 0 Å². The first kappa shape index (κ1) is 15.2. The molecule has 23 heavy (non-hydrogen) atoms. The third kappa shape index (κ3) is 3.40. The number of morpholine rings is 1. The minimum atomic E-state index is -0.747. The third-order valence-electron chi connectivity index (χ3n) is 3.76. The summed E-state index contributed by atoms with van der Waals surface area (Å²) in [6, 6.07) is 10.7. The molecule has 1 aliphatic rings. The number of benzene rings is 1. The van der Waals surface area contributed by atoms with Gasteiger partial charge < -0.3 is 15.0 Å². The molecule has 1 fully saturated rings. The molecule has 2 amide bonds. The normalized spacial score (nSPS) is 20.8. The number of nitrogens with one attached hydrogen (secondary N) is 2. The standard InChI is InChI=1S/C16H18N4O3/c1-20(9-12-7-8-17-19-12)16(22)15-14(18-13(21)10-23-15)11-5-3-2-4-6-11/h2-8,14-15H,9-10H2,1H3,(H,17,19)(H,18,21)/t14-,15+/m1/s1. The van der Waals surface area contributed by atoms with Gasteiger partial charge in [0.15, 0.2) is 6.10 Å². The van der Waals surface area contributed by atoms with E-state index in [2.05, 4.69) is 15.5 Å². The van der Waals surface area contributed by atoms with Crippen molar-refractivity contribution in [1.29, 1.82) is 0 Å². The molecule has 1 aromatic carbocycles. The van der Waals surface area contributed by atoms with Gasteiger partial charge in [-0.2, -0.15) is 5.10 Å². The number of hydrogen-bond acceptors (Lipinski definition) is 4. The Balaban J connectivity index is 1.77. The predicted octanol–water partition coefficient (Wildman–Crippen LogP) is 0.624. The molecule has 7 heteroatoms. The van der Waals surface area contributed by atoms with Crippen LogP contribution in [0.2, 0.25) is 0 Å². The highest BCUT2D eigenvalue weighted by molar-refractivity contribution is 5.86. The average molecular weight is 314 g/mol. The molecule has 2 aromatic rings. The van der Waals surface area contributed by atoms with Gasteiger partial charge in [0.1, 0.15) is 6.61 Å². The molecule has 1 saturated heterocycles. The second-order valence-electron chi connectivity index (χ2n) is 5.46. The highest BCUT2D eigenvalue weighted by Gasteiger charge is 2.37. The fourth-order valence-electron chi connectivity index (χ4n) is 2.61. The van der Waals surface area contributed by atoms with E-state index >= 15 is 0 Å². The van der Waals surface area contributed by atoms with Crippen LogP contribution in [-0.4, -0.2) is 46.7 Å². The predicted molar refractivity (Wildman–Crippen MR) is 82.1 cm³/mol. The van der Waals surface area contributed by atoms with Crippen molar-refractivity contribution in [2.24, 2.45) is 0 Å². The molecule has 0 radical (unpaired) electrons. The summed E-state index contributed by atoms with van der Waals surface area (Å²) in [5.74, 6) is -0.410. The number of likely N-dealkylation sites (N-methyl/N-ethyl adjacent to an activating group) is 1. The highest BCUT2D eigenvalue weighted by atomic mass is 16.5. The Morgan fingerprint density at radius 3 is 2.83 bits per heavy atom. The van der Waals surface area contributed by atoms with Crippen molar-refractivity contribution in [1.82, 2.24) is 20.4 Å². The Morgan fingerprint density at radius 2 is 2.13 bits per heavy atom. The SMILES string of the molecule is CN(Cc1ccn[nH]1)C(=O)[C@H]1OCC(=O)N[C@@H]1c1ccccc1. The lowest BCUT2D eigenvalue weighted by Gasteiger charge is -2.34. The summed E-state index contributed by atoms with van der Waals surface area (Å²) < 4.78 is 5.53. The van der Waals surface area contributed by atoms with Crippen LogP contribution in [0.5, 0.6) is 0 Å². The van der Waals surface area contributed by atoms with Gasteiger partial charge in [-0.3, -0.25) is 14.7 Å². The van der Waals surface area contributed by atoms with Crippen molar-refractivity contribution in [3.05, 3.63) is 53.9 Å². The van der Waals surface area contributed by atoms with E-state index in [4.69, 9.17) is 4.74 Å². The highest BCUT2D eigenvalue weighted by Crippen LogP contribution is 2.24. The molecular weight excluding hydrogens is 296 g/mol. The maximum absolute atomic E-state index is 12.7. The molecule has 120 valence electrons. The summed E-state index contributed by atoms with van der Waals surface area (Å²) in [5, 5.41) is 9.54. The van der Waals surface area contributed by atoms with E-state index in [9.17, 15) is 9.59 Å². The third-order valence-corrected chi connectivity index (χ3v) is 3.76. The minimum Gasteiger partial charge on any atom is -0.356 e. The number of aromatic amines is 1. The van der Waals surface area contributed by atoms with Gasteiger partial charge in [-0.05, 0) is 11.6 Å². The molecular formula is C16H18N4O3. The fraction of sp³-hybridized carbons (Fsp3) is 0.312. The Morgan fingerprint density at radius 1 is 1.35 bits per heavy atom. The first-order chi connectivity index (χ1) is 11.1. The van der Waals surface area contributed by atoms with Crippen molar-refractivity contribution < 1.29 is 14.3 Å². The molecule has 3 rings (SSSR count). The maximum Gasteiger partial charge on any atom is 0.254 e. The van der Waals surface area contributed by atoms with E-state index in [1.165, 1.54) is 0 Å². The van der Waals surface area contributed by atoms with E-state index in [1.807, 2.05) is 36.4 Å². The van der Waals surface area contributed by atoms with E-state index in [1.54, 1.807) is 18.1 Å². The quantitative estimate of drug-likeness (QED) is 0.866. The number of aromatic nitrogens is 2. The lowest BCUT2D eigenvalue weighted by Crippen LogP contribution is -2.52. The van der Waals surface area contributed by atoms with Crippen molar-refractivity contribution in [3.8, 4) is 0 Å². The molecule has 0 aliphatic carbocycles. The number of hydrogen-bond donors (Lipinski definition) is 2. The monoisotopic (exact) mass is 314 g/mol. The molecule has 0 unspecified atom stereocenters. The number of amides is 2. The number of nitrogens with zero attached hydrogens (tertiary/aromatic N) is 2. The first-order valence-corrected chi connectivity index (χ1v) is 7.34. The van der Waals surface area contributed by atoms with Gasteiger partial charge in [0.2, 0.25) is 5.91 Å². The number of carbonyl (C=O) groups is 2. The Labute approximate surface area is 133 Å². The van der Waals surface area contributed by atoms with Crippen LogP contribution < -0.4 is 5.32 Å². The molecule has 0 spiro atoms. The smallest absolute Gasteiger partial charge is 0.254 e. The van der Waals surface area contributed by atoms with Crippen molar-refractivity contribution in [2.45, 2.75) is 18.7 Å². The van der Waals surface area contributed by atoms with Crippen LogP contribution in [0.3, 0.4) is 0 Å². The van der Waals surface area contributed by atoms with Crippen LogP contribution in [0.25, 0.3) is 0 Å². The lowest BCUT2D eigenvalue weighted by molar-refractivity contribution is -0.154. The molecule has 2 heterocycles. The number of ether oxygens (including phenoxy) is 1. The zero-order chi connectivity index (χ0) is 16.2. The summed E-state index contributed by atoms with van der Waals surface area (Å²) in [5.41, 5.74) is 1.67. The van der Waals surface area contributed by atoms with Gasteiger partial charge in [-0.25, -0.2) is 0 Å². The van der Waals surface area contributed by atoms with Crippen LogP contribution in [0.1, 0.15) is 17.3 Å². The molecule has 1 aliphatic heterocycles. The minimum absolute atomic E-state index is 0.113. The molecule has 1 aromatic heterocycles. The van der Waals surface area contributed by atoms with E-state index < -0.39 is 12.1 Å². The number of rotatable bonds is 4. The van der Waals surface area contributed by atoms with Crippen molar-refractivity contribution in [2.75, 3.05) is 13.7 Å². The second-order valence-corrected chi connectivity index (χ2v) is 5.46. The Bertz CT molecular complexity index is 672. The van der Waals surface area contributed by atoms with Gasteiger partial charge in [-0.1, -0.05) is 30.3 Å².